The van der Waals surface area contributed by atoms with E-state index in [0.29, 0.717) is 22.2 Å². The van der Waals surface area contributed by atoms with Crippen molar-refractivity contribution in [1.82, 2.24) is 5.32 Å². The van der Waals surface area contributed by atoms with Crippen LogP contribution in [-0.4, -0.2) is 23.7 Å². The van der Waals surface area contributed by atoms with Gasteiger partial charge in [-0.3, -0.25) is 4.79 Å². The first-order valence-electron chi connectivity index (χ1n) is 8.89. The molecule has 4 nitrogen and oxygen atoms in total. The maximum atomic E-state index is 11.7. The van der Waals surface area contributed by atoms with Crippen LogP contribution >= 0.6 is 23.2 Å². The molecule has 0 saturated carbocycles. The third kappa shape index (κ3) is 6.05. The molecular formula is C21H25Cl2NO3. The predicted molar refractivity (Wildman–Crippen MR) is 110 cm³/mol. The number of hydrogen-bond donors (Lipinski definition) is 2. The molecule has 0 heterocycles. The number of ether oxygens (including phenoxy) is 1. The standard InChI is InChI=1S/C21H25Cl2NO3/c1-12(2)16-7-14(5-6-20(16)25)8-17-18(22)9-15(10-19(17)23)27-11-21(26)24-13(3)4/h5-7,9-10,12-13,25H,8,11H2,1-4H3,(H,24,26). The molecular weight excluding hydrogens is 385 g/mol. The first kappa shape index (κ1) is 21.4. The fourth-order valence-corrected chi connectivity index (χ4v) is 3.33. The molecule has 0 radical (unpaired) electrons. The zero-order chi connectivity index (χ0) is 20.1. The number of phenolic OH excluding ortho intramolecular Hbond substituents is 1. The van der Waals surface area contributed by atoms with Crippen LogP contribution in [0.3, 0.4) is 0 Å². The van der Waals surface area contributed by atoms with Crippen molar-refractivity contribution in [3.63, 3.8) is 0 Å². The molecule has 0 aliphatic carbocycles. The van der Waals surface area contributed by atoms with Gasteiger partial charge >= 0.3 is 0 Å². The number of rotatable bonds is 7. The number of amides is 1. The van der Waals surface area contributed by atoms with E-state index in [1.54, 1.807) is 18.2 Å². The van der Waals surface area contributed by atoms with Crippen LogP contribution in [0.2, 0.25) is 10.0 Å². The lowest BCUT2D eigenvalue weighted by Gasteiger charge is -2.14. The van der Waals surface area contributed by atoms with Crippen molar-refractivity contribution < 1.29 is 14.6 Å². The zero-order valence-electron chi connectivity index (χ0n) is 16.0. The second kappa shape index (κ2) is 9.34. The maximum Gasteiger partial charge on any atom is 0.258 e. The molecule has 1 amide bonds. The van der Waals surface area contributed by atoms with Gasteiger partial charge < -0.3 is 15.2 Å². The van der Waals surface area contributed by atoms with E-state index in [9.17, 15) is 9.90 Å². The number of halogens is 2. The third-order valence-electron chi connectivity index (χ3n) is 4.03. The van der Waals surface area contributed by atoms with Crippen LogP contribution in [-0.2, 0) is 11.2 Å². The van der Waals surface area contributed by atoms with E-state index in [-0.39, 0.29) is 30.2 Å². The van der Waals surface area contributed by atoms with E-state index in [1.807, 2.05) is 39.8 Å². The van der Waals surface area contributed by atoms with Crippen LogP contribution in [0.5, 0.6) is 11.5 Å². The van der Waals surface area contributed by atoms with Crippen LogP contribution in [0.1, 0.15) is 50.3 Å². The second-order valence-corrected chi connectivity index (χ2v) is 7.92. The lowest BCUT2D eigenvalue weighted by Crippen LogP contribution is -2.34. The number of carbonyl (C=O) groups excluding carboxylic acids is 1. The highest BCUT2D eigenvalue weighted by atomic mass is 35.5. The summed E-state index contributed by atoms with van der Waals surface area (Å²) < 4.78 is 5.49. The van der Waals surface area contributed by atoms with Crippen molar-refractivity contribution in [2.75, 3.05) is 6.61 Å². The van der Waals surface area contributed by atoms with Crippen molar-refractivity contribution in [1.29, 1.82) is 0 Å². The summed E-state index contributed by atoms with van der Waals surface area (Å²) in [6.07, 6.45) is 0.534. The second-order valence-electron chi connectivity index (χ2n) is 7.10. The van der Waals surface area contributed by atoms with Gasteiger partial charge in [-0.1, -0.05) is 49.2 Å². The average molecular weight is 410 g/mol. The minimum atomic E-state index is -0.202. The molecule has 0 spiro atoms. The van der Waals surface area contributed by atoms with Gasteiger partial charge in [0.2, 0.25) is 0 Å². The van der Waals surface area contributed by atoms with E-state index in [4.69, 9.17) is 27.9 Å². The molecule has 2 rings (SSSR count). The van der Waals surface area contributed by atoms with Gasteiger partial charge in [0.1, 0.15) is 11.5 Å². The van der Waals surface area contributed by atoms with Crippen molar-refractivity contribution in [3.8, 4) is 11.5 Å². The van der Waals surface area contributed by atoms with Crippen LogP contribution in [0.4, 0.5) is 0 Å². The quantitative estimate of drug-likeness (QED) is 0.650. The molecule has 0 saturated heterocycles. The summed E-state index contributed by atoms with van der Waals surface area (Å²) in [7, 11) is 0. The number of phenols is 1. The Hall–Kier alpha value is -1.91. The lowest BCUT2D eigenvalue weighted by atomic mass is 9.96. The zero-order valence-corrected chi connectivity index (χ0v) is 17.5. The Bertz CT molecular complexity index is 796. The molecule has 27 heavy (non-hydrogen) atoms. The molecule has 0 aliphatic heterocycles. The van der Waals surface area contributed by atoms with Crippen LogP contribution in [0.25, 0.3) is 0 Å². The minimum Gasteiger partial charge on any atom is -0.508 e. The highest BCUT2D eigenvalue weighted by molar-refractivity contribution is 6.36. The van der Waals surface area contributed by atoms with Crippen molar-refractivity contribution >= 4 is 29.1 Å². The van der Waals surface area contributed by atoms with Crippen molar-refractivity contribution in [3.05, 3.63) is 57.1 Å². The van der Waals surface area contributed by atoms with E-state index < -0.39 is 0 Å². The molecule has 0 aromatic heterocycles. The van der Waals surface area contributed by atoms with Crippen LogP contribution < -0.4 is 10.1 Å². The predicted octanol–water partition coefficient (Wildman–Crippen LogP) is 5.32. The first-order chi connectivity index (χ1) is 12.7. The molecule has 2 aromatic rings. The summed E-state index contributed by atoms with van der Waals surface area (Å²) in [4.78, 5) is 11.7. The average Bonchev–Trinajstić information content (AvgIpc) is 2.56. The van der Waals surface area contributed by atoms with E-state index in [0.717, 1.165) is 16.7 Å². The Morgan fingerprint density at radius 1 is 1.11 bits per heavy atom. The Labute approximate surface area is 170 Å². The molecule has 0 aliphatic rings. The van der Waals surface area contributed by atoms with Crippen molar-refractivity contribution in [2.24, 2.45) is 0 Å². The van der Waals surface area contributed by atoms with E-state index in [2.05, 4.69) is 5.32 Å². The van der Waals surface area contributed by atoms with Gasteiger partial charge in [0, 0.05) is 22.5 Å². The third-order valence-corrected chi connectivity index (χ3v) is 4.70. The maximum absolute atomic E-state index is 11.7. The van der Waals surface area contributed by atoms with Crippen LogP contribution in [0, 0.1) is 0 Å². The summed E-state index contributed by atoms with van der Waals surface area (Å²) in [6.45, 7) is 7.73. The van der Waals surface area contributed by atoms with E-state index in [1.165, 1.54) is 0 Å². The smallest absolute Gasteiger partial charge is 0.258 e. The Kier molecular flexibility index (Phi) is 7.40. The summed E-state index contributed by atoms with van der Waals surface area (Å²) in [6, 6.07) is 8.89. The molecule has 0 bridgehead atoms. The van der Waals surface area contributed by atoms with Gasteiger partial charge in [0.25, 0.3) is 5.91 Å². The Balaban J connectivity index is 2.15. The normalized spacial score (nSPS) is 11.1. The summed E-state index contributed by atoms with van der Waals surface area (Å²) in [5.41, 5.74) is 2.67. The summed E-state index contributed by atoms with van der Waals surface area (Å²) >= 11 is 12.8. The number of benzene rings is 2. The summed E-state index contributed by atoms with van der Waals surface area (Å²) in [5.74, 6) is 0.742. The van der Waals surface area contributed by atoms with Gasteiger partial charge in [0.15, 0.2) is 6.61 Å². The molecule has 6 heteroatoms. The van der Waals surface area contributed by atoms with Gasteiger partial charge in [0.05, 0.1) is 0 Å². The molecule has 0 unspecified atom stereocenters. The van der Waals surface area contributed by atoms with Gasteiger partial charge in [-0.05, 0) is 54.7 Å². The summed E-state index contributed by atoms with van der Waals surface area (Å²) in [5, 5.41) is 13.7. The fraction of sp³-hybridized carbons (Fsp3) is 0.381. The topological polar surface area (TPSA) is 58.6 Å². The minimum absolute atomic E-state index is 0.0525. The number of nitrogens with one attached hydrogen (secondary N) is 1. The number of aromatic hydroxyl groups is 1. The highest BCUT2D eigenvalue weighted by Gasteiger charge is 2.13. The fourth-order valence-electron chi connectivity index (χ4n) is 2.73. The Morgan fingerprint density at radius 3 is 2.30 bits per heavy atom. The molecule has 0 atom stereocenters. The number of carbonyl (C=O) groups is 1. The Morgan fingerprint density at radius 2 is 1.74 bits per heavy atom. The first-order valence-corrected chi connectivity index (χ1v) is 9.64. The monoisotopic (exact) mass is 409 g/mol. The largest absolute Gasteiger partial charge is 0.508 e. The van der Waals surface area contributed by atoms with Crippen molar-refractivity contribution in [2.45, 2.75) is 46.1 Å². The van der Waals surface area contributed by atoms with Gasteiger partial charge in [-0.2, -0.15) is 0 Å². The SMILES string of the molecule is CC(C)NC(=O)COc1cc(Cl)c(Cc2ccc(O)c(C(C)C)c2)c(Cl)c1. The van der Waals surface area contributed by atoms with Gasteiger partial charge in [-0.25, -0.2) is 0 Å². The van der Waals surface area contributed by atoms with Gasteiger partial charge in [-0.15, -0.1) is 0 Å². The number of hydrogen-bond acceptors (Lipinski definition) is 3. The lowest BCUT2D eigenvalue weighted by molar-refractivity contribution is -0.123. The molecule has 2 aromatic carbocycles. The molecule has 0 fully saturated rings. The highest BCUT2D eigenvalue weighted by Crippen LogP contribution is 2.33. The molecule has 146 valence electrons. The van der Waals surface area contributed by atoms with E-state index >= 15 is 0 Å². The molecule has 2 N–H and O–H groups in total. The van der Waals surface area contributed by atoms with Crippen LogP contribution in [0.15, 0.2) is 30.3 Å².